The van der Waals surface area contributed by atoms with Crippen molar-refractivity contribution in [3.05, 3.63) is 60.5 Å². The summed E-state index contributed by atoms with van der Waals surface area (Å²) >= 11 is 0. The van der Waals surface area contributed by atoms with Gasteiger partial charge in [-0.05, 0) is 42.3 Å². The van der Waals surface area contributed by atoms with Gasteiger partial charge in [-0.2, -0.15) is 0 Å². The molecule has 1 aliphatic rings. The number of hydrogen-bond acceptors (Lipinski definition) is 1. The highest BCUT2D eigenvalue weighted by molar-refractivity contribution is 5.66. The average molecular weight is 245 g/mol. The predicted molar refractivity (Wildman–Crippen MR) is 65.3 cm³/mol. The van der Waals surface area contributed by atoms with Crippen molar-refractivity contribution in [1.82, 2.24) is 0 Å². The van der Waals surface area contributed by atoms with Crippen molar-refractivity contribution in [2.45, 2.75) is 12.5 Å². The lowest BCUT2D eigenvalue weighted by Gasteiger charge is -2.06. The van der Waals surface area contributed by atoms with Crippen LogP contribution in [0.15, 0.2) is 36.4 Å². The van der Waals surface area contributed by atoms with Gasteiger partial charge in [-0.3, -0.25) is 0 Å². The molecule has 1 nitrogen and oxygen atoms in total. The summed E-state index contributed by atoms with van der Waals surface area (Å²) in [4.78, 5) is 0. The fourth-order valence-electron chi connectivity index (χ4n) is 2.20. The van der Waals surface area contributed by atoms with E-state index in [-0.39, 0.29) is 11.9 Å². The fraction of sp³-hybridized carbons (Fsp3) is 0.133. The first kappa shape index (κ1) is 11.2. The van der Waals surface area contributed by atoms with Crippen molar-refractivity contribution in [1.29, 1.82) is 0 Å². The van der Waals surface area contributed by atoms with Crippen LogP contribution in [0.25, 0.3) is 11.1 Å². The van der Waals surface area contributed by atoms with Gasteiger partial charge < -0.3 is 4.74 Å². The quantitative estimate of drug-likeness (QED) is 0.743. The van der Waals surface area contributed by atoms with E-state index in [4.69, 9.17) is 4.74 Å². The zero-order chi connectivity index (χ0) is 12.7. The van der Waals surface area contributed by atoms with Crippen molar-refractivity contribution in [3.63, 3.8) is 0 Å². The summed E-state index contributed by atoms with van der Waals surface area (Å²) in [6, 6.07) is 9.27. The Hall–Kier alpha value is -1.90. The average Bonchev–Trinajstić information content (AvgIpc) is 2.71. The highest BCUT2D eigenvalue weighted by Crippen LogP contribution is 2.35. The van der Waals surface area contributed by atoms with Crippen molar-refractivity contribution >= 4 is 0 Å². The molecule has 0 fully saturated rings. The van der Waals surface area contributed by atoms with E-state index in [1.165, 1.54) is 18.2 Å². The second kappa shape index (κ2) is 4.09. The zero-order valence-electron chi connectivity index (χ0n) is 9.62. The smallest absolute Gasteiger partial charge is 0.165 e. The molecule has 0 N–H and O–H groups in total. The minimum Gasteiger partial charge on any atom is -0.487 e. The summed E-state index contributed by atoms with van der Waals surface area (Å²) in [5.41, 5.74) is 2.32. The van der Waals surface area contributed by atoms with Crippen molar-refractivity contribution in [2.24, 2.45) is 0 Å². The lowest BCUT2D eigenvalue weighted by Crippen LogP contribution is -2.06. The molecule has 2 aromatic carbocycles. The Balaban J connectivity index is 2.07. The van der Waals surface area contributed by atoms with Gasteiger partial charge in [-0.15, -0.1) is 0 Å². The van der Waals surface area contributed by atoms with E-state index in [1.807, 2.05) is 6.07 Å². The molecule has 0 bridgehead atoms. The molecular formula is C15H11F2O. The van der Waals surface area contributed by atoms with Gasteiger partial charge in [0.05, 0.1) is 0 Å². The maximum Gasteiger partial charge on any atom is 0.165 e. The van der Waals surface area contributed by atoms with E-state index in [2.05, 4.69) is 6.92 Å². The Morgan fingerprint density at radius 2 is 1.78 bits per heavy atom. The zero-order valence-corrected chi connectivity index (χ0v) is 9.62. The second-order valence-electron chi connectivity index (χ2n) is 4.40. The highest BCUT2D eigenvalue weighted by atomic mass is 19.1. The molecular weight excluding hydrogens is 234 g/mol. The first-order chi connectivity index (χ1) is 8.63. The highest BCUT2D eigenvalue weighted by Gasteiger charge is 2.23. The molecule has 3 heteroatoms. The van der Waals surface area contributed by atoms with Crippen molar-refractivity contribution < 1.29 is 13.5 Å². The van der Waals surface area contributed by atoms with Crippen LogP contribution >= 0.6 is 0 Å². The van der Waals surface area contributed by atoms with E-state index >= 15 is 0 Å². The summed E-state index contributed by atoms with van der Waals surface area (Å²) in [5, 5.41) is 0. The van der Waals surface area contributed by atoms with Gasteiger partial charge in [0, 0.05) is 12.0 Å². The van der Waals surface area contributed by atoms with Crippen molar-refractivity contribution in [2.75, 3.05) is 0 Å². The summed E-state index contributed by atoms with van der Waals surface area (Å²) in [6.07, 6.45) is 0.361. The van der Waals surface area contributed by atoms with Gasteiger partial charge in [-0.25, -0.2) is 8.78 Å². The molecule has 1 radical (unpaired) electrons. The number of hydrogen-bond donors (Lipinski definition) is 0. The molecule has 1 aliphatic heterocycles. The Labute approximate surface area is 104 Å². The van der Waals surface area contributed by atoms with Crippen LogP contribution in [0.3, 0.4) is 0 Å². The molecule has 3 rings (SSSR count). The van der Waals surface area contributed by atoms with E-state index in [0.29, 0.717) is 12.2 Å². The minimum absolute atomic E-state index is 0.238. The Bertz CT molecular complexity index is 590. The predicted octanol–water partition coefficient (Wildman–Crippen LogP) is 3.77. The third-order valence-electron chi connectivity index (χ3n) is 3.03. The number of benzene rings is 2. The second-order valence-corrected chi connectivity index (χ2v) is 4.40. The molecule has 0 aliphatic carbocycles. The van der Waals surface area contributed by atoms with E-state index < -0.39 is 5.82 Å². The SMILES string of the molecule is [CH2]C1Cc2cc(-c3ccc(F)cc3)cc(F)c2O1. The van der Waals surface area contributed by atoms with Gasteiger partial charge in [0.25, 0.3) is 0 Å². The van der Waals surface area contributed by atoms with Crippen LogP contribution < -0.4 is 4.74 Å². The van der Waals surface area contributed by atoms with Gasteiger partial charge in [0.1, 0.15) is 11.9 Å². The van der Waals surface area contributed by atoms with Gasteiger partial charge >= 0.3 is 0 Å². The molecule has 1 heterocycles. The Morgan fingerprint density at radius 3 is 2.50 bits per heavy atom. The molecule has 0 saturated heterocycles. The molecule has 2 aromatic rings. The van der Waals surface area contributed by atoms with Crippen LogP contribution in [0.5, 0.6) is 5.75 Å². The molecule has 1 unspecified atom stereocenters. The number of ether oxygens (including phenoxy) is 1. The largest absolute Gasteiger partial charge is 0.487 e. The summed E-state index contributed by atoms with van der Waals surface area (Å²) < 4.78 is 32.0. The number of fused-ring (bicyclic) bond motifs is 1. The molecule has 1 atom stereocenters. The molecule has 91 valence electrons. The van der Waals surface area contributed by atoms with Crippen molar-refractivity contribution in [3.8, 4) is 16.9 Å². The van der Waals surface area contributed by atoms with E-state index in [1.54, 1.807) is 12.1 Å². The van der Waals surface area contributed by atoms with Crippen LogP contribution in [0.2, 0.25) is 0 Å². The summed E-state index contributed by atoms with van der Waals surface area (Å²) in [5.74, 6) is -0.402. The van der Waals surface area contributed by atoms with Crippen LogP contribution in [-0.2, 0) is 6.42 Å². The lowest BCUT2D eigenvalue weighted by molar-refractivity contribution is 0.269. The maximum absolute atomic E-state index is 13.9. The number of rotatable bonds is 1. The number of halogens is 2. The third kappa shape index (κ3) is 1.86. The van der Waals surface area contributed by atoms with Gasteiger partial charge in [-0.1, -0.05) is 12.1 Å². The van der Waals surface area contributed by atoms with Crippen LogP contribution in [0.4, 0.5) is 8.78 Å². The minimum atomic E-state index is -0.391. The molecule has 0 amide bonds. The van der Waals surface area contributed by atoms with E-state index in [9.17, 15) is 8.78 Å². The lowest BCUT2D eigenvalue weighted by atomic mass is 10.0. The summed E-state index contributed by atoms with van der Waals surface area (Å²) in [7, 11) is 0. The van der Waals surface area contributed by atoms with E-state index in [0.717, 1.165) is 16.7 Å². The molecule has 0 saturated carbocycles. The molecule has 0 aromatic heterocycles. The first-order valence-corrected chi connectivity index (χ1v) is 5.71. The topological polar surface area (TPSA) is 9.23 Å². The Morgan fingerprint density at radius 1 is 1.06 bits per heavy atom. The Kier molecular flexibility index (Phi) is 2.54. The monoisotopic (exact) mass is 245 g/mol. The van der Waals surface area contributed by atoms with Crippen LogP contribution in [0.1, 0.15) is 5.56 Å². The summed E-state index contributed by atoms with van der Waals surface area (Å²) in [6.45, 7) is 3.77. The fourth-order valence-corrected chi connectivity index (χ4v) is 2.20. The normalized spacial score (nSPS) is 17.4. The maximum atomic E-state index is 13.9. The molecule has 0 spiro atoms. The standard InChI is InChI=1S/C15H11F2O/c1-9-6-12-7-11(8-14(17)15(12)18-9)10-2-4-13(16)5-3-10/h2-5,7-9H,1,6H2. The van der Waals surface area contributed by atoms with Gasteiger partial charge in [0.2, 0.25) is 0 Å². The first-order valence-electron chi connectivity index (χ1n) is 5.71. The third-order valence-corrected chi connectivity index (χ3v) is 3.03. The van der Waals surface area contributed by atoms with Crippen LogP contribution in [0, 0.1) is 18.6 Å². The van der Waals surface area contributed by atoms with Crippen LogP contribution in [-0.4, -0.2) is 6.10 Å². The molecule has 18 heavy (non-hydrogen) atoms. The van der Waals surface area contributed by atoms with Gasteiger partial charge in [0.15, 0.2) is 11.6 Å².